The summed E-state index contributed by atoms with van der Waals surface area (Å²) >= 11 is 0. The predicted molar refractivity (Wildman–Crippen MR) is 57.9 cm³/mol. The minimum Gasteiger partial charge on any atom is -0.313 e. The summed E-state index contributed by atoms with van der Waals surface area (Å²) in [6.07, 6.45) is 7.06. The topological polar surface area (TPSA) is 24.1 Å². The maximum absolute atomic E-state index is 3.71. The van der Waals surface area contributed by atoms with Gasteiger partial charge >= 0.3 is 0 Å². The first-order valence-corrected chi connectivity index (χ1v) is 5.40. The van der Waals surface area contributed by atoms with Crippen LogP contribution >= 0.6 is 0 Å². The first kappa shape index (κ1) is 10.7. The van der Waals surface area contributed by atoms with Crippen molar-refractivity contribution in [2.45, 2.75) is 44.7 Å². The Kier molecular flexibility index (Phi) is 5.09. The zero-order valence-corrected chi connectivity index (χ0v) is 8.68. The van der Waals surface area contributed by atoms with Crippen molar-refractivity contribution in [2.24, 2.45) is 0 Å². The maximum atomic E-state index is 3.71. The Balaban J connectivity index is 1.84. The highest BCUT2D eigenvalue weighted by Gasteiger charge is 2.20. The summed E-state index contributed by atoms with van der Waals surface area (Å²) in [6.45, 7) is 8.16. The molecule has 1 saturated carbocycles. The average molecular weight is 182 g/mol. The van der Waals surface area contributed by atoms with E-state index in [0.717, 1.165) is 25.6 Å². The summed E-state index contributed by atoms with van der Waals surface area (Å²) < 4.78 is 0. The molecule has 0 aromatic rings. The highest BCUT2D eigenvalue weighted by atomic mass is 15.0. The first-order chi connectivity index (χ1) is 6.33. The van der Waals surface area contributed by atoms with Crippen molar-refractivity contribution in [1.29, 1.82) is 0 Å². The molecule has 2 nitrogen and oxygen atoms in total. The molecule has 0 amide bonds. The second kappa shape index (κ2) is 6.17. The monoisotopic (exact) mass is 182 g/mol. The second-order valence-electron chi connectivity index (χ2n) is 3.97. The van der Waals surface area contributed by atoms with Crippen molar-refractivity contribution in [3.05, 3.63) is 12.7 Å². The number of unbranched alkanes of at least 4 members (excludes halogenated alkanes) is 1. The van der Waals surface area contributed by atoms with Gasteiger partial charge in [0.15, 0.2) is 0 Å². The van der Waals surface area contributed by atoms with Crippen LogP contribution in [0.3, 0.4) is 0 Å². The fourth-order valence-corrected chi connectivity index (χ4v) is 1.30. The lowest BCUT2D eigenvalue weighted by Crippen LogP contribution is -2.37. The SMILES string of the molecule is C=CCCCNC(C)CNC1CC1. The van der Waals surface area contributed by atoms with Gasteiger partial charge in [0.25, 0.3) is 0 Å². The third-order valence-corrected chi connectivity index (χ3v) is 2.37. The van der Waals surface area contributed by atoms with E-state index in [9.17, 15) is 0 Å². The van der Waals surface area contributed by atoms with Crippen molar-refractivity contribution in [1.82, 2.24) is 10.6 Å². The van der Waals surface area contributed by atoms with Crippen LogP contribution in [0, 0.1) is 0 Å². The molecule has 0 aromatic heterocycles. The molecule has 1 aliphatic carbocycles. The van der Waals surface area contributed by atoms with Gasteiger partial charge in [0.2, 0.25) is 0 Å². The summed E-state index contributed by atoms with van der Waals surface area (Å²) in [7, 11) is 0. The van der Waals surface area contributed by atoms with Gasteiger partial charge in [-0.15, -0.1) is 6.58 Å². The molecule has 0 aliphatic heterocycles. The minimum atomic E-state index is 0.602. The lowest BCUT2D eigenvalue weighted by atomic mass is 10.2. The first-order valence-electron chi connectivity index (χ1n) is 5.40. The molecular formula is C11H22N2. The molecule has 76 valence electrons. The van der Waals surface area contributed by atoms with Crippen molar-refractivity contribution >= 4 is 0 Å². The number of hydrogen-bond acceptors (Lipinski definition) is 2. The van der Waals surface area contributed by atoms with E-state index in [1.54, 1.807) is 0 Å². The quantitative estimate of drug-likeness (QED) is 0.441. The van der Waals surface area contributed by atoms with Crippen molar-refractivity contribution in [3.8, 4) is 0 Å². The van der Waals surface area contributed by atoms with Crippen molar-refractivity contribution < 1.29 is 0 Å². The van der Waals surface area contributed by atoms with Crippen LogP contribution in [0.15, 0.2) is 12.7 Å². The Hall–Kier alpha value is -0.340. The van der Waals surface area contributed by atoms with E-state index in [4.69, 9.17) is 0 Å². The highest BCUT2D eigenvalue weighted by Crippen LogP contribution is 2.18. The molecule has 1 rings (SSSR count). The Morgan fingerprint density at radius 2 is 2.31 bits per heavy atom. The Labute approximate surface area is 81.8 Å². The van der Waals surface area contributed by atoms with Crippen LogP contribution in [-0.2, 0) is 0 Å². The summed E-state index contributed by atoms with van der Waals surface area (Å²) in [6, 6.07) is 1.43. The van der Waals surface area contributed by atoms with Crippen LogP contribution in [-0.4, -0.2) is 25.2 Å². The van der Waals surface area contributed by atoms with Crippen LogP contribution in [0.1, 0.15) is 32.6 Å². The minimum absolute atomic E-state index is 0.602. The fourth-order valence-electron chi connectivity index (χ4n) is 1.30. The van der Waals surface area contributed by atoms with Gasteiger partial charge in [-0.25, -0.2) is 0 Å². The number of hydrogen-bond donors (Lipinski definition) is 2. The zero-order valence-electron chi connectivity index (χ0n) is 8.68. The van der Waals surface area contributed by atoms with Crippen LogP contribution in [0.25, 0.3) is 0 Å². The molecule has 2 N–H and O–H groups in total. The molecular weight excluding hydrogens is 160 g/mol. The molecule has 0 saturated heterocycles. The van der Waals surface area contributed by atoms with Gasteiger partial charge < -0.3 is 10.6 Å². The van der Waals surface area contributed by atoms with E-state index < -0.39 is 0 Å². The van der Waals surface area contributed by atoms with Gasteiger partial charge in [0.1, 0.15) is 0 Å². The highest BCUT2D eigenvalue weighted by molar-refractivity contribution is 4.82. The van der Waals surface area contributed by atoms with E-state index >= 15 is 0 Å². The number of nitrogens with one attached hydrogen (secondary N) is 2. The normalized spacial score (nSPS) is 18.5. The second-order valence-corrected chi connectivity index (χ2v) is 3.97. The molecule has 1 atom stereocenters. The third kappa shape index (κ3) is 5.83. The van der Waals surface area contributed by atoms with E-state index in [-0.39, 0.29) is 0 Å². The summed E-state index contributed by atoms with van der Waals surface area (Å²) in [4.78, 5) is 0. The van der Waals surface area contributed by atoms with E-state index in [1.165, 1.54) is 19.3 Å². The number of rotatable bonds is 8. The number of allylic oxidation sites excluding steroid dienone is 1. The largest absolute Gasteiger partial charge is 0.313 e. The van der Waals surface area contributed by atoms with Gasteiger partial charge in [-0.05, 0) is 39.2 Å². The molecule has 0 heterocycles. The summed E-state index contributed by atoms with van der Waals surface area (Å²) in [5, 5.41) is 7.00. The maximum Gasteiger partial charge on any atom is 0.0164 e. The van der Waals surface area contributed by atoms with Crippen molar-refractivity contribution in [2.75, 3.05) is 13.1 Å². The van der Waals surface area contributed by atoms with Crippen molar-refractivity contribution in [3.63, 3.8) is 0 Å². The van der Waals surface area contributed by atoms with E-state index in [2.05, 4.69) is 24.1 Å². The van der Waals surface area contributed by atoms with Gasteiger partial charge in [-0.1, -0.05) is 6.08 Å². The zero-order chi connectivity index (χ0) is 9.52. The Morgan fingerprint density at radius 1 is 1.54 bits per heavy atom. The smallest absolute Gasteiger partial charge is 0.0164 e. The van der Waals surface area contributed by atoms with Crippen LogP contribution in [0.4, 0.5) is 0 Å². The molecule has 13 heavy (non-hydrogen) atoms. The lowest BCUT2D eigenvalue weighted by molar-refractivity contribution is 0.496. The molecule has 0 aromatic carbocycles. The molecule has 2 heteroatoms. The van der Waals surface area contributed by atoms with Gasteiger partial charge in [-0.2, -0.15) is 0 Å². The fraction of sp³-hybridized carbons (Fsp3) is 0.818. The Morgan fingerprint density at radius 3 is 2.92 bits per heavy atom. The van der Waals surface area contributed by atoms with E-state index in [1.807, 2.05) is 6.08 Å². The standard InChI is InChI=1S/C11H22N2/c1-3-4-5-8-12-10(2)9-13-11-6-7-11/h3,10-13H,1,4-9H2,2H3. The molecule has 1 aliphatic rings. The average Bonchev–Trinajstić information content (AvgIpc) is 2.92. The molecule has 1 unspecified atom stereocenters. The summed E-state index contributed by atoms with van der Waals surface area (Å²) in [5.74, 6) is 0. The van der Waals surface area contributed by atoms with Gasteiger partial charge in [-0.3, -0.25) is 0 Å². The molecule has 0 bridgehead atoms. The van der Waals surface area contributed by atoms with E-state index in [0.29, 0.717) is 6.04 Å². The summed E-state index contributed by atoms with van der Waals surface area (Å²) in [5.41, 5.74) is 0. The molecule has 0 radical (unpaired) electrons. The van der Waals surface area contributed by atoms with Crippen LogP contribution < -0.4 is 10.6 Å². The van der Waals surface area contributed by atoms with Gasteiger partial charge in [0, 0.05) is 18.6 Å². The molecule has 0 spiro atoms. The lowest BCUT2D eigenvalue weighted by Gasteiger charge is -2.13. The molecule has 1 fully saturated rings. The van der Waals surface area contributed by atoms with Crippen LogP contribution in [0.2, 0.25) is 0 Å². The van der Waals surface area contributed by atoms with Crippen LogP contribution in [0.5, 0.6) is 0 Å². The predicted octanol–water partition coefficient (Wildman–Crippen LogP) is 1.68. The van der Waals surface area contributed by atoms with Gasteiger partial charge in [0.05, 0.1) is 0 Å². The Bertz CT molecular complexity index is 141. The third-order valence-electron chi connectivity index (χ3n) is 2.37.